The summed E-state index contributed by atoms with van der Waals surface area (Å²) in [5.74, 6) is 0. The average Bonchev–Trinajstić information content (AvgIpc) is 2.67. The molecule has 0 aliphatic heterocycles. The van der Waals surface area contributed by atoms with E-state index in [-0.39, 0.29) is 0 Å². The first-order valence-electron chi connectivity index (χ1n) is 8.40. The van der Waals surface area contributed by atoms with E-state index in [1.54, 1.807) is 0 Å². The van der Waals surface area contributed by atoms with Gasteiger partial charge in [0.1, 0.15) is 5.60 Å². The van der Waals surface area contributed by atoms with Gasteiger partial charge < -0.3 is 4.74 Å². The fourth-order valence-corrected chi connectivity index (χ4v) is 3.09. The Labute approximate surface area is 151 Å². The Bertz CT molecular complexity index is 702. The van der Waals surface area contributed by atoms with E-state index in [4.69, 9.17) is 4.74 Å². The summed E-state index contributed by atoms with van der Waals surface area (Å²) in [5, 5.41) is 0. The molecule has 0 saturated carbocycles. The Kier molecular flexibility index (Phi) is 5.43. The summed E-state index contributed by atoms with van der Waals surface area (Å²) in [7, 11) is 0. The predicted octanol–water partition coefficient (Wildman–Crippen LogP) is 5.95. The number of halogens is 3. The van der Waals surface area contributed by atoms with Crippen molar-refractivity contribution in [3.8, 4) is 0 Å². The molecule has 0 bridgehead atoms. The highest BCUT2D eigenvalue weighted by atomic mass is 19.4. The van der Waals surface area contributed by atoms with Gasteiger partial charge in [0.15, 0.2) is 0 Å². The van der Waals surface area contributed by atoms with Crippen LogP contribution in [-0.4, -0.2) is 12.8 Å². The molecule has 0 unspecified atom stereocenters. The van der Waals surface area contributed by atoms with Gasteiger partial charge in [-0.05, 0) is 16.7 Å². The lowest BCUT2D eigenvalue weighted by molar-refractivity contribution is -0.152. The van der Waals surface area contributed by atoms with Crippen LogP contribution in [0.5, 0.6) is 0 Å². The van der Waals surface area contributed by atoms with Crippen molar-refractivity contribution < 1.29 is 17.9 Å². The van der Waals surface area contributed by atoms with E-state index < -0.39 is 24.8 Å². The van der Waals surface area contributed by atoms with E-state index >= 15 is 0 Å². The van der Waals surface area contributed by atoms with E-state index in [9.17, 15) is 13.2 Å². The molecule has 3 aromatic rings. The number of ether oxygens (including phenoxy) is 1. The summed E-state index contributed by atoms with van der Waals surface area (Å²) in [6.07, 6.45) is -5.27. The second kappa shape index (κ2) is 7.75. The summed E-state index contributed by atoms with van der Waals surface area (Å²) in [5.41, 5.74) is 1.27. The quantitative estimate of drug-likeness (QED) is 0.496. The Morgan fingerprint density at radius 2 is 0.923 bits per heavy atom. The number of hydrogen-bond acceptors (Lipinski definition) is 1. The molecular formula is C22H19F3O. The van der Waals surface area contributed by atoms with Crippen LogP contribution >= 0.6 is 0 Å². The zero-order chi connectivity index (χ0) is 18.5. The lowest BCUT2D eigenvalue weighted by Crippen LogP contribution is -2.34. The summed E-state index contributed by atoms with van der Waals surface area (Å²) in [6, 6.07) is 28.1. The van der Waals surface area contributed by atoms with Crippen LogP contribution in [0.25, 0.3) is 0 Å². The molecule has 0 aromatic heterocycles. The van der Waals surface area contributed by atoms with E-state index in [0.29, 0.717) is 0 Å². The van der Waals surface area contributed by atoms with Crippen molar-refractivity contribution in [2.24, 2.45) is 0 Å². The van der Waals surface area contributed by atoms with Gasteiger partial charge in [-0.1, -0.05) is 91.0 Å². The Balaban J connectivity index is 2.15. The van der Waals surface area contributed by atoms with E-state index in [2.05, 4.69) is 0 Å². The van der Waals surface area contributed by atoms with Crippen LogP contribution in [-0.2, 0) is 10.3 Å². The number of hydrogen-bond donors (Lipinski definition) is 0. The fraction of sp³-hybridized carbons (Fsp3) is 0.182. The SMILES string of the molecule is FC(F)(F)CCOC(c1ccccc1)(c1ccccc1)c1ccccc1. The van der Waals surface area contributed by atoms with E-state index in [0.717, 1.165) is 16.7 Å². The first-order valence-corrected chi connectivity index (χ1v) is 8.40. The third kappa shape index (κ3) is 3.97. The molecule has 0 atom stereocenters. The van der Waals surface area contributed by atoms with Gasteiger partial charge in [0.2, 0.25) is 0 Å². The molecule has 0 heterocycles. The van der Waals surface area contributed by atoms with Crippen LogP contribution in [0.4, 0.5) is 13.2 Å². The van der Waals surface area contributed by atoms with Crippen molar-refractivity contribution in [1.29, 1.82) is 0 Å². The third-order valence-electron chi connectivity index (χ3n) is 4.25. The van der Waals surface area contributed by atoms with E-state index in [1.807, 2.05) is 91.0 Å². The summed E-state index contributed by atoms with van der Waals surface area (Å²) in [6.45, 7) is -0.428. The van der Waals surface area contributed by atoms with Gasteiger partial charge in [-0.15, -0.1) is 0 Å². The molecule has 1 nitrogen and oxygen atoms in total. The summed E-state index contributed by atoms with van der Waals surface area (Å²) in [4.78, 5) is 0. The van der Waals surface area contributed by atoms with Crippen molar-refractivity contribution in [2.75, 3.05) is 6.61 Å². The number of benzene rings is 3. The molecule has 0 N–H and O–H groups in total. The van der Waals surface area contributed by atoms with Crippen molar-refractivity contribution in [3.05, 3.63) is 108 Å². The first kappa shape index (κ1) is 18.2. The first-order chi connectivity index (χ1) is 12.5. The normalized spacial score (nSPS) is 12.1. The zero-order valence-electron chi connectivity index (χ0n) is 14.1. The van der Waals surface area contributed by atoms with Gasteiger partial charge >= 0.3 is 6.18 Å². The van der Waals surface area contributed by atoms with Crippen molar-refractivity contribution in [3.63, 3.8) is 0 Å². The summed E-state index contributed by atoms with van der Waals surface area (Å²) >= 11 is 0. The van der Waals surface area contributed by atoms with Crippen molar-refractivity contribution in [2.45, 2.75) is 18.2 Å². The highest BCUT2D eigenvalue weighted by Gasteiger charge is 2.38. The van der Waals surface area contributed by atoms with Gasteiger partial charge in [-0.25, -0.2) is 0 Å². The molecule has 26 heavy (non-hydrogen) atoms. The number of alkyl halides is 3. The molecule has 0 fully saturated rings. The monoisotopic (exact) mass is 356 g/mol. The molecule has 0 aliphatic rings. The lowest BCUT2D eigenvalue weighted by atomic mass is 9.80. The van der Waals surface area contributed by atoms with Gasteiger partial charge in [-0.2, -0.15) is 13.2 Å². The van der Waals surface area contributed by atoms with Crippen molar-refractivity contribution >= 4 is 0 Å². The third-order valence-corrected chi connectivity index (χ3v) is 4.25. The maximum atomic E-state index is 12.8. The average molecular weight is 356 g/mol. The fourth-order valence-electron chi connectivity index (χ4n) is 3.09. The standard InChI is InChI=1S/C22H19F3O/c23-21(24,25)16-17-26-22(18-10-4-1-5-11-18,19-12-6-2-7-13-19)20-14-8-3-9-15-20/h1-15H,16-17H2. The predicted molar refractivity (Wildman–Crippen MR) is 95.8 cm³/mol. The molecule has 4 heteroatoms. The molecular weight excluding hydrogens is 337 g/mol. The minimum Gasteiger partial charge on any atom is -0.360 e. The highest BCUT2D eigenvalue weighted by Crippen LogP contribution is 2.40. The maximum Gasteiger partial charge on any atom is 0.391 e. The zero-order valence-corrected chi connectivity index (χ0v) is 14.1. The molecule has 0 aliphatic carbocycles. The van der Waals surface area contributed by atoms with Gasteiger partial charge in [0.05, 0.1) is 13.0 Å². The molecule has 3 rings (SSSR count). The van der Waals surface area contributed by atoms with Crippen LogP contribution in [0.15, 0.2) is 91.0 Å². The minimum atomic E-state index is -4.27. The topological polar surface area (TPSA) is 9.23 Å². The number of rotatable bonds is 6. The van der Waals surface area contributed by atoms with Crippen molar-refractivity contribution in [1.82, 2.24) is 0 Å². The van der Waals surface area contributed by atoms with Crippen LogP contribution in [0.3, 0.4) is 0 Å². The van der Waals surface area contributed by atoms with Crippen LogP contribution in [0, 0.1) is 0 Å². The van der Waals surface area contributed by atoms with Crippen LogP contribution in [0.1, 0.15) is 23.1 Å². The minimum absolute atomic E-state index is 0.428. The van der Waals surface area contributed by atoms with Gasteiger partial charge in [-0.3, -0.25) is 0 Å². The molecule has 134 valence electrons. The smallest absolute Gasteiger partial charge is 0.360 e. The second-order valence-corrected chi connectivity index (χ2v) is 5.99. The second-order valence-electron chi connectivity index (χ2n) is 5.99. The van der Waals surface area contributed by atoms with Gasteiger partial charge in [0, 0.05) is 0 Å². The largest absolute Gasteiger partial charge is 0.391 e. The highest BCUT2D eigenvalue weighted by molar-refractivity contribution is 5.47. The lowest BCUT2D eigenvalue weighted by Gasteiger charge is -2.36. The van der Waals surface area contributed by atoms with E-state index in [1.165, 1.54) is 0 Å². The molecule has 3 aromatic carbocycles. The molecule has 0 amide bonds. The Morgan fingerprint density at radius 3 is 1.23 bits per heavy atom. The maximum absolute atomic E-state index is 12.8. The Morgan fingerprint density at radius 1 is 0.577 bits per heavy atom. The van der Waals surface area contributed by atoms with Gasteiger partial charge in [0.25, 0.3) is 0 Å². The molecule has 0 radical (unpaired) electrons. The van der Waals surface area contributed by atoms with Crippen LogP contribution < -0.4 is 0 Å². The molecule has 0 saturated heterocycles. The Hall–Kier alpha value is -2.59. The van der Waals surface area contributed by atoms with Crippen LogP contribution in [0.2, 0.25) is 0 Å². The molecule has 0 spiro atoms. The summed E-state index contributed by atoms with van der Waals surface area (Å²) < 4.78 is 44.3.